The number of halogens is 4. The molecule has 1 nitrogen and oxygen atoms in total. The SMILES string of the molecule is CCCCc1c(F)c(F)c(CN)c(F)c1F. The Morgan fingerprint density at radius 2 is 1.31 bits per heavy atom. The maximum Gasteiger partial charge on any atom is 0.166 e. The molecular formula is C11H13F4N. The molecule has 0 radical (unpaired) electrons. The van der Waals surface area contributed by atoms with Gasteiger partial charge >= 0.3 is 0 Å². The Morgan fingerprint density at radius 1 is 0.875 bits per heavy atom. The van der Waals surface area contributed by atoms with Crippen molar-refractivity contribution in [1.82, 2.24) is 0 Å². The third-order valence-electron chi connectivity index (χ3n) is 2.43. The van der Waals surface area contributed by atoms with Crippen molar-refractivity contribution < 1.29 is 17.6 Å². The minimum Gasteiger partial charge on any atom is -0.326 e. The summed E-state index contributed by atoms with van der Waals surface area (Å²) in [5.74, 6) is -5.42. The summed E-state index contributed by atoms with van der Waals surface area (Å²) >= 11 is 0. The molecule has 16 heavy (non-hydrogen) atoms. The first-order chi connectivity index (χ1) is 7.54. The van der Waals surface area contributed by atoms with Crippen LogP contribution in [0.15, 0.2) is 0 Å². The van der Waals surface area contributed by atoms with Crippen molar-refractivity contribution in [2.75, 3.05) is 0 Å². The maximum atomic E-state index is 13.4. The normalized spacial score (nSPS) is 10.9. The highest BCUT2D eigenvalue weighted by molar-refractivity contribution is 5.30. The Labute approximate surface area is 91.3 Å². The van der Waals surface area contributed by atoms with Gasteiger partial charge in [-0.2, -0.15) is 0 Å². The lowest BCUT2D eigenvalue weighted by Crippen LogP contribution is -2.12. The zero-order chi connectivity index (χ0) is 12.3. The van der Waals surface area contributed by atoms with E-state index in [-0.39, 0.29) is 6.42 Å². The molecule has 0 atom stereocenters. The van der Waals surface area contributed by atoms with Crippen LogP contribution in [0, 0.1) is 23.3 Å². The van der Waals surface area contributed by atoms with Crippen LogP contribution in [-0.2, 0) is 13.0 Å². The molecule has 2 N–H and O–H groups in total. The van der Waals surface area contributed by atoms with Gasteiger partial charge < -0.3 is 5.73 Å². The van der Waals surface area contributed by atoms with E-state index in [1.54, 1.807) is 0 Å². The molecule has 1 aromatic carbocycles. The lowest BCUT2D eigenvalue weighted by molar-refractivity contribution is 0.424. The van der Waals surface area contributed by atoms with E-state index < -0.39 is 40.9 Å². The highest BCUT2D eigenvalue weighted by Gasteiger charge is 2.23. The zero-order valence-electron chi connectivity index (χ0n) is 8.92. The van der Waals surface area contributed by atoms with Crippen LogP contribution in [0.2, 0.25) is 0 Å². The molecule has 1 aromatic rings. The Balaban J connectivity index is 3.29. The highest BCUT2D eigenvalue weighted by Crippen LogP contribution is 2.25. The van der Waals surface area contributed by atoms with Gasteiger partial charge in [-0.15, -0.1) is 0 Å². The molecule has 0 saturated carbocycles. The van der Waals surface area contributed by atoms with E-state index >= 15 is 0 Å². The van der Waals surface area contributed by atoms with Crippen LogP contribution in [0.3, 0.4) is 0 Å². The Bertz CT molecular complexity index is 361. The van der Waals surface area contributed by atoms with E-state index in [0.717, 1.165) is 0 Å². The van der Waals surface area contributed by atoms with Crippen LogP contribution in [0.4, 0.5) is 17.6 Å². The molecule has 0 saturated heterocycles. The number of nitrogens with two attached hydrogens (primary N) is 1. The Morgan fingerprint density at radius 3 is 1.69 bits per heavy atom. The van der Waals surface area contributed by atoms with Crippen LogP contribution in [0.5, 0.6) is 0 Å². The third kappa shape index (κ3) is 2.19. The minimum atomic E-state index is -1.38. The van der Waals surface area contributed by atoms with E-state index in [1.165, 1.54) is 0 Å². The van der Waals surface area contributed by atoms with Gasteiger partial charge in [-0.1, -0.05) is 13.3 Å². The molecule has 0 fully saturated rings. The second kappa shape index (κ2) is 5.30. The highest BCUT2D eigenvalue weighted by atomic mass is 19.2. The third-order valence-corrected chi connectivity index (χ3v) is 2.43. The van der Waals surface area contributed by atoms with Crippen molar-refractivity contribution in [2.45, 2.75) is 32.7 Å². The summed E-state index contributed by atoms with van der Waals surface area (Å²) in [4.78, 5) is 0. The lowest BCUT2D eigenvalue weighted by atomic mass is 10.0. The van der Waals surface area contributed by atoms with Gasteiger partial charge in [0.05, 0.1) is 0 Å². The Hall–Kier alpha value is -1.10. The van der Waals surface area contributed by atoms with Gasteiger partial charge in [0.1, 0.15) is 0 Å². The predicted molar refractivity (Wildman–Crippen MR) is 52.8 cm³/mol. The topological polar surface area (TPSA) is 26.0 Å². The van der Waals surface area contributed by atoms with E-state index in [2.05, 4.69) is 0 Å². The fraction of sp³-hybridized carbons (Fsp3) is 0.455. The number of hydrogen-bond donors (Lipinski definition) is 1. The second-order valence-corrected chi connectivity index (χ2v) is 3.52. The van der Waals surface area contributed by atoms with Crippen molar-refractivity contribution in [1.29, 1.82) is 0 Å². The summed E-state index contributed by atoms with van der Waals surface area (Å²) in [6, 6.07) is 0. The maximum absolute atomic E-state index is 13.4. The fourth-order valence-electron chi connectivity index (χ4n) is 1.47. The molecule has 5 heteroatoms. The molecule has 0 aromatic heterocycles. The van der Waals surface area contributed by atoms with Gasteiger partial charge in [0, 0.05) is 17.7 Å². The standard InChI is InChI=1S/C11H13F4N/c1-2-3-4-6-8(12)10(14)7(5-16)11(15)9(6)13/h2-5,16H2,1H3. The first kappa shape index (κ1) is 13.0. The van der Waals surface area contributed by atoms with Crippen molar-refractivity contribution in [3.05, 3.63) is 34.4 Å². The molecule has 0 bridgehead atoms. The first-order valence-electron chi connectivity index (χ1n) is 5.08. The monoisotopic (exact) mass is 235 g/mol. The molecule has 0 spiro atoms. The van der Waals surface area contributed by atoms with Gasteiger partial charge in [-0.3, -0.25) is 0 Å². The molecule has 0 aliphatic carbocycles. The van der Waals surface area contributed by atoms with E-state index in [9.17, 15) is 17.6 Å². The number of benzene rings is 1. The molecule has 0 aliphatic rings. The second-order valence-electron chi connectivity index (χ2n) is 3.52. The van der Waals surface area contributed by atoms with Crippen LogP contribution < -0.4 is 5.73 Å². The largest absolute Gasteiger partial charge is 0.326 e. The molecule has 1 rings (SSSR count). The molecule has 0 heterocycles. The van der Waals surface area contributed by atoms with Crippen LogP contribution in [0.25, 0.3) is 0 Å². The summed E-state index contributed by atoms with van der Waals surface area (Å²) in [5.41, 5.74) is 3.75. The summed E-state index contributed by atoms with van der Waals surface area (Å²) in [6.07, 6.45) is 1.13. The van der Waals surface area contributed by atoms with Gasteiger partial charge in [0.2, 0.25) is 0 Å². The number of unbranched alkanes of at least 4 members (excludes halogenated alkanes) is 1. The number of rotatable bonds is 4. The van der Waals surface area contributed by atoms with E-state index in [1.807, 2.05) is 6.92 Å². The van der Waals surface area contributed by atoms with E-state index in [0.29, 0.717) is 12.8 Å². The first-order valence-corrected chi connectivity index (χ1v) is 5.08. The molecule has 0 aliphatic heterocycles. The fourth-order valence-corrected chi connectivity index (χ4v) is 1.47. The summed E-state index contributed by atoms with van der Waals surface area (Å²) in [6.45, 7) is 1.25. The van der Waals surface area contributed by atoms with Gasteiger partial charge in [0.15, 0.2) is 23.3 Å². The average Bonchev–Trinajstić information content (AvgIpc) is 2.27. The van der Waals surface area contributed by atoms with Crippen LogP contribution in [-0.4, -0.2) is 0 Å². The van der Waals surface area contributed by atoms with E-state index in [4.69, 9.17) is 5.73 Å². The molecule has 90 valence electrons. The number of hydrogen-bond acceptors (Lipinski definition) is 1. The van der Waals surface area contributed by atoms with Crippen molar-refractivity contribution in [3.8, 4) is 0 Å². The summed E-state index contributed by atoms with van der Waals surface area (Å²) in [5, 5.41) is 0. The van der Waals surface area contributed by atoms with Gasteiger partial charge in [0.25, 0.3) is 0 Å². The zero-order valence-corrected chi connectivity index (χ0v) is 8.92. The molecule has 0 amide bonds. The smallest absolute Gasteiger partial charge is 0.166 e. The van der Waals surface area contributed by atoms with Crippen molar-refractivity contribution >= 4 is 0 Å². The Kier molecular flexibility index (Phi) is 4.29. The van der Waals surface area contributed by atoms with Crippen LogP contribution in [0.1, 0.15) is 30.9 Å². The summed E-state index contributed by atoms with van der Waals surface area (Å²) < 4.78 is 53.3. The quantitative estimate of drug-likeness (QED) is 0.630. The predicted octanol–water partition coefficient (Wildman–Crippen LogP) is 3.04. The van der Waals surface area contributed by atoms with Gasteiger partial charge in [-0.25, -0.2) is 17.6 Å². The molecule has 0 unspecified atom stereocenters. The van der Waals surface area contributed by atoms with Crippen molar-refractivity contribution in [2.24, 2.45) is 5.73 Å². The summed E-state index contributed by atoms with van der Waals surface area (Å²) in [7, 11) is 0. The lowest BCUT2D eigenvalue weighted by Gasteiger charge is -2.10. The average molecular weight is 235 g/mol. The van der Waals surface area contributed by atoms with Crippen molar-refractivity contribution in [3.63, 3.8) is 0 Å². The van der Waals surface area contributed by atoms with Crippen LogP contribution >= 0.6 is 0 Å². The molecular weight excluding hydrogens is 222 g/mol. The minimum absolute atomic E-state index is 0.0210. The van der Waals surface area contributed by atoms with Gasteiger partial charge in [-0.05, 0) is 12.8 Å².